The van der Waals surface area contributed by atoms with E-state index >= 15 is 0 Å². The summed E-state index contributed by atoms with van der Waals surface area (Å²) in [6.07, 6.45) is 6.30. The van der Waals surface area contributed by atoms with Crippen LogP contribution in [0.5, 0.6) is 17.5 Å². The van der Waals surface area contributed by atoms with Crippen LogP contribution >= 0.6 is 12.4 Å². The smallest absolute Gasteiger partial charge is 0.321 e. The topological polar surface area (TPSA) is 76.6 Å². The van der Waals surface area contributed by atoms with Crippen molar-refractivity contribution in [1.82, 2.24) is 15.3 Å². The van der Waals surface area contributed by atoms with Crippen molar-refractivity contribution in [1.29, 1.82) is 0 Å². The van der Waals surface area contributed by atoms with Crippen molar-refractivity contribution in [2.45, 2.75) is 31.6 Å². The highest BCUT2D eigenvalue weighted by Gasteiger charge is 2.43. The third-order valence-corrected chi connectivity index (χ3v) is 8.35. The number of rotatable bonds is 4. The SMILES string of the molecule is Cc1cc(Oc2ncccn2)ccc1-c1ccc(C(=O)N2CCc3cc4c(cc32)C2(CCNCC2)CO4)cc1.Cl. The molecule has 0 radical (unpaired) electrons. The molecule has 4 aromatic rings. The summed E-state index contributed by atoms with van der Waals surface area (Å²) in [5.74, 6) is 1.74. The molecule has 204 valence electrons. The van der Waals surface area contributed by atoms with Gasteiger partial charge in [0.05, 0.1) is 6.61 Å². The molecule has 1 N–H and O–H groups in total. The summed E-state index contributed by atoms with van der Waals surface area (Å²) in [5.41, 5.74) is 7.49. The van der Waals surface area contributed by atoms with Crippen LogP contribution in [0.3, 0.4) is 0 Å². The third-order valence-electron chi connectivity index (χ3n) is 8.35. The summed E-state index contributed by atoms with van der Waals surface area (Å²) in [6, 6.07) is 20.3. The number of amides is 1. The fraction of sp³-hybridized carbons (Fsp3) is 0.281. The van der Waals surface area contributed by atoms with Gasteiger partial charge < -0.3 is 19.7 Å². The van der Waals surface area contributed by atoms with Gasteiger partial charge in [-0.05, 0) is 104 Å². The van der Waals surface area contributed by atoms with Gasteiger partial charge in [-0.1, -0.05) is 18.2 Å². The lowest BCUT2D eigenvalue weighted by Gasteiger charge is -2.33. The number of aromatic nitrogens is 2. The number of hydrogen-bond acceptors (Lipinski definition) is 6. The molecule has 1 spiro atoms. The Hall–Kier alpha value is -3.94. The normalized spacial score (nSPS) is 16.6. The molecule has 1 fully saturated rings. The molecule has 7 rings (SSSR count). The second-order valence-corrected chi connectivity index (χ2v) is 10.7. The lowest BCUT2D eigenvalue weighted by atomic mass is 9.74. The summed E-state index contributed by atoms with van der Waals surface area (Å²) in [5, 5.41) is 3.47. The highest BCUT2D eigenvalue weighted by Crippen LogP contribution is 2.48. The van der Waals surface area contributed by atoms with Gasteiger partial charge in [-0.3, -0.25) is 4.79 Å². The quantitative estimate of drug-likeness (QED) is 0.339. The lowest BCUT2D eigenvalue weighted by Crippen LogP contribution is -2.41. The standard InChI is InChI=1S/C32H30N4O3.ClH/c1-21-17-25(39-31-34-12-2-13-35-31)7-8-26(21)22-3-5-23(6-4-22)30(37)36-16-9-24-18-29-27(19-28(24)36)32(20-38-29)10-14-33-15-11-32;/h2-8,12-13,17-19,33H,9-11,14-16,20H2,1H3;1H. The summed E-state index contributed by atoms with van der Waals surface area (Å²) >= 11 is 0. The molecule has 3 aromatic carbocycles. The maximum Gasteiger partial charge on any atom is 0.321 e. The summed E-state index contributed by atoms with van der Waals surface area (Å²) in [6.45, 7) is 5.50. The van der Waals surface area contributed by atoms with E-state index in [-0.39, 0.29) is 23.7 Å². The molecule has 0 unspecified atom stereocenters. The number of aryl methyl sites for hydroxylation is 1. The zero-order chi connectivity index (χ0) is 26.4. The van der Waals surface area contributed by atoms with E-state index in [4.69, 9.17) is 9.47 Å². The van der Waals surface area contributed by atoms with E-state index in [1.807, 2.05) is 54.3 Å². The van der Waals surface area contributed by atoms with Crippen LogP contribution in [-0.4, -0.2) is 42.1 Å². The highest BCUT2D eigenvalue weighted by atomic mass is 35.5. The van der Waals surface area contributed by atoms with Crippen molar-refractivity contribution in [3.63, 3.8) is 0 Å². The fourth-order valence-corrected chi connectivity index (χ4v) is 6.19. The predicted octanol–water partition coefficient (Wildman–Crippen LogP) is 5.88. The Labute approximate surface area is 240 Å². The number of carbonyl (C=O) groups is 1. The van der Waals surface area contributed by atoms with Crippen LogP contribution in [0.1, 0.15) is 39.9 Å². The minimum atomic E-state index is 0. The molecule has 3 aliphatic heterocycles. The third kappa shape index (κ3) is 4.59. The Morgan fingerprint density at radius 1 is 1.02 bits per heavy atom. The van der Waals surface area contributed by atoms with Crippen molar-refractivity contribution >= 4 is 24.0 Å². The van der Waals surface area contributed by atoms with Crippen molar-refractivity contribution in [2.24, 2.45) is 0 Å². The van der Waals surface area contributed by atoms with Gasteiger partial charge in [0.2, 0.25) is 0 Å². The van der Waals surface area contributed by atoms with Gasteiger partial charge in [0.1, 0.15) is 11.5 Å². The van der Waals surface area contributed by atoms with Gasteiger partial charge in [-0.25, -0.2) is 9.97 Å². The molecule has 0 saturated carbocycles. The van der Waals surface area contributed by atoms with Gasteiger partial charge in [0.15, 0.2) is 0 Å². The van der Waals surface area contributed by atoms with Gasteiger partial charge in [-0.2, -0.15) is 0 Å². The summed E-state index contributed by atoms with van der Waals surface area (Å²) in [7, 11) is 0. The van der Waals surface area contributed by atoms with E-state index in [2.05, 4.69) is 27.4 Å². The number of nitrogens with one attached hydrogen (secondary N) is 1. The van der Waals surface area contributed by atoms with Crippen LogP contribution in [0.4, 0.5) is 5.69 Å². The van der Waals surface area contributed by atoms with Crippen LogP contribution in [0.15, 0.2) is 73.1 Å². The molecular formula is C32H31ClN4O3. The Kier molecular flexibility index (Phi) is 6.94. The monoisotopic (exact) mass is 554 g/mol. The number of benzene rings is 3. The molecule has 40 heavy (non-hydrogen) atoms. The molecule has 1 saturated heterocycles. The second-order valence-electron chi connectivity index (χ2n) is 10.7. The summed E-state index contributed by atoms with van der Waals surface area (Å²) in [4.78, 5) is 23.8. The Bertz CT molecular complexity index is 1550. The fourth-order valence-electron chi connectivity index (χ4n) is 6.19. The van der Waals surface area contributed by atoms with Gasteiger partial charge in [-0.15, -0.1) is 12.4 Å². The van der Waals surface area contributed by atoms with E-state index in [9.17, 15) is 4.79 Å². The molecule has 0 bridgehead atoms. The largest absolute Gasteiger partial charge is 0.492 e. The first-order valence-electron chi connectivity index (χ1n) is 13.6. The predicted molar refractivity (Wildman–Crippen MR) is 157 cm³/mol. The average molecular weight is 555 g/mol. The number of anilines is 1. The maximum absolute atomic E-state index is 13.7. The van der Waals surface area contributed by atoms with E-state index in [1.165, 1.54) is 11.1 Å². The Balaban J connectivity index is 0.00000289. The van der Waals surface area contributed by atoms with Crippen LogP contribution in [0, 0.1) is 6.92 Å². The number of ether oxygens (including phenoxy) is 2. The average Bonchev–Trinajstić information content (AvgIpc) is 3.54. The minimum Gasteiger partial charge on any atom is -0.492 e. The Morgan fingerprint density at radius 2 is 1.80 bits per heavy atom. The number of hydrogen-bond donors (Lipinski definition) is 1. The van der Waals surface area contributed by atoms with Crippen LogP contribution < -0.4 is 19.7 Å². The molecule has 3 aliphatic rings. The molecule has 4 heterocycles. The summed E-state index contributed by atoms with van der Waals surface area (Å²) < 4.78 is 11.9. The lowest BCUT2D eigenvalue weighted by molar-refractivity contribution is 0.0989. The van der Waals surface area contributed by atoms with Crippen LogP contribution in [0.25, 0.3) is 11.1 Å². The van der Waals surface area contributed by atoms with E-state index in [0.29, 0.717) is 23.9 Å². The molecule has 7 nitrogen and oxygen atoms in total. The van der Waals surface area contributed by atoms with Gasteiger partial charge >= 0.3 is 6.01 Å². The first kappa shape index (κ1) is 26.3. The molecule has 0 aliphatic carbocycles. The first-order chi connectivity index (χ1) is 19.1. The zero-order valence-corrected chi connectivity index (χ0v) is 23.2. The molecule has 8 heteroatoms. The van der Waals surface area contributed by atoms with E-state index in [0.717, 1.165) is 67.1 Å². The molecule has 0 atom stereocenters. The number of carbonyl (C=O) groups excluding carboxylic acids is 1. The van der Waals surface area contributed by atoms with Gasteiger partial charge in [0.25, 0.3) is 5.91 Å². The molecule has 1 aromatic heterocycles. The van der Waals surface area contributed by atoms with Crippen LogP contribution in [-0.2, 0) is 11.8 Å². The van der Waals surface area contributed by atoms with E-state index < -0.39 is 0 Å². The minimum absolute atomic E-state index is 0. The molecule has 1 amide bonds. The number of halogens is 1. The second kappa shape index (κ2) is 10.6. The van der Waals surface area contributed by atoms with Crippen molar-refractivity contribution in [3.05, 3.63) is 95.3 Å². The molecular weight excluding hydrogens is 524 g/mol. The Morgan fingerprint density at radius 3 is 2.55 bits per heavy atom. The number of piperidine rings is 1. The number of fused-ring (bicyclic) bond motifs is 3. The van der Waals surface area contributed by atoms with Crippen LogP contribution in [0.2, 0.25) is 0 Å². The zero-order valence-electron chi connectivity index (χ0n) is 22.4. The van der Waals surface area contributed by atoms with Crippen molar-refractivity contribution in [2.75, 3.05) is 31.1 Å². The van der Waals surface area contributed by atoms with E-state index in [1.54, 1.807) is 18.5 Å². The highest BCUT2D eigenvalue weighted by molar-refractivity contribution is 6.07. The maximum atomic E-state index is 13.7. The van der Waals surface area contributed by atoms with Gasteiger partial charge in [0, 0.05) is 41.2 Å². The van der Waals surface area contributed by atoms with Crippen molar-refractivity contribution in [3.8, 4) is 28.6 Å². The number of nitrogens with zero attached hydrogens (tertiary/aromatic N) is 3. The first-order valence-corrected chi connectivity index (χ1v) is 13.6. The van der Waals surface area contributed by atoms with Crippen molar-refractivity contribution < 1.29 is 14.3 Å².